The molecule has 3 N–H and O–H groups in total. The number of amidine groups is 1. The van der Waals surface area contributed by atoms with Crippen LogP contribution < -0.4 is 5.73 Å². The van der Waals surface area contributed by atoms with Crippen molar-refractivity contribution in [1.29, 1.82) is 0 Å². The van der Waals surface area contributed by atoms with E-state index in [1.54, 1.807) is 20.8 Å². The van der Waals surface area contributed by atoms with E-state index in [0.717, 1.165) is 0 Å². The van der Waals surface area contributed by atoms with E-state index < -0.39 is 14.8 Å². The number of hydrogen-bond acceptors (Lipinski definition) is 4. The van der Waals surface area contributed by atoms with Gasteiger partial charge in [-0.05, 0) is 27.2 Å². The molecule has 0 spiro atoms. The summed E-state index contributed by atoms with van der Waals surface area (Å²) in [7, 11) is -3.44. The average molecular weight is 251 g/mol. The third-order valence-electron chi connectivity index (χ3n) is 2.05. The SMILES string of the molecule is CCCN(CC(N)=NO)S(=O)(=O)C(C)(C)C. The van der Waals surface area contributed by atoms with Crippen molar-refractivity contribution in [1.82, 2.24) is 4.31 Å². The van der Waals surface area contributed by atoms with Crippen LogP contribution in [-0.2, 0) is 10.0 Å². The first-order valence-corrected chi connectivity index (χ1v) is 6.57. The lowest BCUT2D eigenvalue weighted by Crippen LogP contribution is -2.46. The summed E-state index contributed by atoms with van der Waals surface area (Å²) in [6, 6.07) is 0. The number of nitrogens with zero attached hydrogens (tertiary/aromatic N) is 2. The van der Waals surface area contributed by atoms with Crippen LogP contribution in [0.15, 0.2) is 5.16 Å². The standard InChI is InChI=1S/C9H21N3O3S/c1-5-6-12(7-8(10)11-13)16(14,15)9(2,3)4/h13H,5-7H2,1-4H3,(H2,10,11). The third-order valence-corrected chi connectivity index (χ3v) is 4.59. The van der Waals surface area contributed by atoms with Crippen LogP contribution in [0, 0.1) is 0 Å². The van der Waals surface area contributed by atoms with Gasteiger partial charge < -0.3 is 10.9 Å². The average Bonchev–Trinajstić information content (AvgIpc) is 2.15. The maximum absolute atomic E-state index is 12.1. The van der Waals surface area contributed by atoms with Crippen LogP contribution in [0.5, 0.6) is 0 Å². The van der Waals surface area contributed by atoms with E-state index in [0.29, 0.717) is 13.0 Å². The molecule has 0 aromatic rings. The second-order valence-corrected chi connectivity index (χ2v) is 7.23. The fraction of sp³-hybridized carbons (Fsp3) is 0.889. The lowest BCUT2D eigenvalue weighted by molar-refractivity contribution is 0.314. The number of nitrogens with two attached hydrogens (primary N) is 1. The van der Waals surface area contributed by atoms with Gasteiger partial charge in [0.25, 0.3) is 0 Å². The summed E-state index contributed by atoms with van der Waals surface area (Å²) in [5, 5.41) is 11.3. The lowest BCUT2D eigenvalue weighted by atomic mass is 10.3. The Hall–Kier alpha value is -0.820. The molecule has 16 heavy (non-hydrogen) atoms. The highest BCUT2D eigenvalue weighted by Crippen LogP contribution is 2.20. The van der Waals surface area contributed by atoms with Crippen molar-refractivity contribution in [3.8, 4) is 0 Å². The summed E-state index contributed by atoms with van der Waals surface area (Å²) in [4.78, 5) is 0. The third kappa shape index (κ3) is 3.64. The van der Waals surface area contributed by atoms with Gasteiger partial charge in [0.2, 0.25) is 10.0 Å². The molecule has 0 amide bonds. The number of oxime groups is 1. The molecule has 0 atom stereocenters. The van der Waals surface area contributed by atoms with Gasteiger partial charge in [-0.25, -0.2) is 8.42 Å². The first-order chi connectivity index (χ1) is 7.16. The Kier molecular flexibility index (Phi) is 5.21. The fourth-order valence-corrected chi connectivity index (χ4v) is 2.63. The molecular weight excluding hydrogens is 230 g/mol. The molecule has 0 aliphatic carbocycles. The minimum absolute atomic E-state index is 0.0794. The Morgan fingerprint density at radius 3 is 2.25 bits per heavy atom. The van der Waals surface area contributed by atoms with Gasteiger partial charge in [0.15, 0.2) is 5.84 Å². The second-order valence-electron chi connectivity index (χ2n) is 4.54. The molecule has 0 aromatic carbocycles. The van der Waals surface area contributed by atoms with Crippen LogP contribution in [0.4, 0.5) is 0 Å². The van der Waals surface area contributed by atoms with Gasteiger partial charge in [-0.3, -0.25) is 0 Å². The van der Waals surface area contributed by atoms with Crippen LogP contribution >= 0.6 is 0 Å². The molecule has 0 aromatic heterocycles. The van der Waals surface area contributed by atoms with E-state index >= 15 is 0 Å². The topological polar surface area (TPSA) is 96.0 Å². The number of sulfonamides is 1. The second kappa shape index (κ2) is 5.49. The lowest BCUT2D eigenvalue weighted by Gasteiger charge is -2.29. The zero-order valence-electron chi connectivity index (χ0n) is 10.3. The summed E-state index contributed by atoms with van der Waals surface area (Å²) in [6.45, 7) is 7.02. The van der Waals surface area contributed by atoms with Crippen molar-refractivity contribution in [2.75, 3.05) is 13.1 Å². The maximum Gasteiger partial charge on any atom is 0.219 e. The molecule has 7 heteroatoms. The highest BCUT2D eigenvalue weighted by atomic mass is 32.2. The molecule has 0 rings (SSSR count). The molecule has 0 aliphatic rings. The van der Waals surface area contributed by atoms with E-state index in [2.05, 4.69) is 5.16 Å². The van der Waals surface area contributed by atoms with Gasteiger partial charge >= 0.3 is 0 Å². The molecule has 6 nitrogen and oxygen atoms in total. The molecule has 0 unspecified atom stereocenters. The van der Waals surface area contributed by atoms with E-state index in [4.69, 9.17) is 10.9 Å². The van der Waals surface area contributed by atoms with E-state index in [-0.39, 0.29) is 12.4 Å². The normalized spacial score (nSPS) is 14.4. The Morgan fingerprint density at radius 1 is 1.44 bits per heavy atom. The Labute approximate surface area is 97.2 Å². The van der Waals surface area contributed by atoms with Crippen molar-refractivity contribution >= 4 is 15.9 Å². The number of rotatable bonds is 5. The predicted octanol–water partition coefficient (Wildman–Crippen LogP) is 0.573. The Morgan fingerprint density at radius 2 is 1.94 bits per heavy atom. The highest BCUT2D eigenvalue weighted by Gasteiger charge is 2.35. The summed E-state index contributed by atoms with van der Waals surface area (Å²) < 4.78 is 24.6. The molecule has 96 valence electrons. The van der Waals surface area contributed by atoms with Gasteiger partial charge in [-0.1, -0.05) is 12.1 Å². The summed E-state index contributed by atoms with van der Waals surface area (Å²) >= 11 is 0. The Bertz CT molecular complexity index is 344. The zero-order chi connectivity index (χ0) is 13.0. The van der Waals surface area contributed by atoms with Gasteiger partial charge in [0, 0.05) is 6.54 Å². The summed E-state index contributed by atoms with van der Waals surface area (Å²) in [5.74, 6) is -0.110. The minimum Gasteiger partial charge on any atom is -0.409 e. The largest absolute Gasteiger partial charge is 0.409 e. The highest BCUT2D eigenvalue weighted by molar-refractivity contribution is 7.90. The van der Waals surface area contributed by atoms with Crippen LogP contribution in [0.1, 0.15) is 34.1 Å². The van der Waals surface area contributed by atoms with Crippen LogP contribution in [0.3, 0.4) is 0 Å². The Balaban J connectivity index is 5.07. The molecule has 0 aliphatic heterocycles. The van der Waals surface area contributed by atoms with Crippen LogP contribution in [0.2, 0.25) is 0 Å². The van der Waals surface area contributed by atoms with E-state index in [9.17, 15) is 8.42 Å². The number of hydrogen-bond donors (Lipinski definition) is 2. The molecule has 0 bridgehead atoms. The van der Waals surface area contributed by atoms with Gasteiger partial charge in [-0.2, -0.15) is 4.31 Å². The molecule has 0 heterocycles. The van der Waals surface area contributed by atoms with E-state index in [1.807, 2.05) is 6.92 Å². The molecule has 0 fully saturated rings. The maximum atomic E-state index is 12.1. The predicted molar refractivity (Wildman–Crippen MR) is 63.9 cm³/mol. The molecular formula is C9H21N3O3S. The van der Waals surface area contributed by atoms with Gasteiger partial charge in [-0.15, -0.1) is 0 Å². The van der Waals surface area contributed by atoms with Crippen molar-refractivity contribution in [2.45, 2.75) is 38.9 Å². The first kappa shape index (κ1) is 15.2. The minimum atomic E-state index is -3.44. The summed E-state index contributed by atoms with van der Waals surface area (Å²) in [6.07, 6.45) is 0.675. The van der Waals surface area contributed by atoms with Crippen LogP contribution in [-0.4, -0.2) is 41.6 Å². The van der Waals surface area contributed by atoms with Crippen molar-refractivity contribution < 1.29 is 13.6 Å². The monoisotopic (exact) mass is 251 g/mol. The molecule has 0 saturated heterocycles. The van der Waals surface area contributed by atoms with Gasteiger partial charge in [0.1, 0.15) is 0 Å². The van der Waals surface area contributed by atoms with Crippen LogP contribution in [0.25, 0.3) is 0 Å². The molecule has 0 radical (unpaired) electrons. The zero-order valence-corrected chi connectivity index (χ0v) is 11.1. The van der Waals surface area contributed by atoms with E-state index in [1.165, 1.54) is 4.31 Å². The van der Waals surface area contributed by atoms with Crippen molar-refractivity contribution in [3.63, 3.8) is 0 Å². The smallest absolute Gasteiger partial charge is 0.219 e. The molecule has 0 saturated carbocycles. The fourth-order valence-electron chi connectivity index (χ4n) is 1.13. The van der Waals surface area contributed by atoms with Gasteiger partial charge in [0.05, 0.1) is 11.3 Å². The first-order valence-electron chi connectivity index (χ1n) is 5.13. The van der Waals surface area contributed by atoms with Crippen molar-refractivity contribution in [3.05, 3.63) is 0 Å². The quantitative estimate of drug-likeness (QED) is 0.323. The van der Waals surface area contributed by atoms with Crippen molar-refractivity contribution in [2.24, 2.45) is 10.9 Å². The summed E-state index contributed by atoms with van der Waals surface area (Å²) in [5.41, 5.74) is 5.34.